The van der Waals surface area contributed by atoms with Gasteiger partial charge in [0.25, 0.3) is 0 Å². The number of hydrogen-bond donors (Lipinski definition) is 1. The summed E-state index contributed by atoms with van der Waals surface area (Å²) in [5.41, 5.74) is 4.16. The molecule has 5 aromatic rings. The standard InChI is InChI=1S/C27H26N6/c1-2-8-20(9-3-1)24(32-15-6-7-16-32)18-29-27-22-10-4-5-11-23(22)30-26(31-27)21-12-13-25-28-14-17-33(25)19-21/h1-5,8-14,17,19,24H,6-7,15-16,18H2,(H,29,30,31). The average molecular weight is 435 g/mol. The zero-order valence-corrected chi connectivity index (χ0v) is 18.4. The van der Waals surface area contributed by atoms with Crippen molar-refractivity contribution < 1.29 is 0 Å². The van der Waals surface area contributed by atoms with Crippen LogP contribution in [0.4, 0.5) is 5.82 Å². The van der Waals surface area contributed by atoms with Crippen LogP contribution in [0.15, 0.2) is 85.3 Å². The SMILES string of the molecule is c1ccc(C(CNc2nc(-c3ccc4nccn4c3)nc3ccccc23)N2CCCC2)cc1. The third-order valence-corrected chi connectivity index (χ3v) is 6.48. The number of anilines is 1. The van der Waals surface area contributed by atoms with Gasteiger partial charge in [-0.3, -0.25) is 4.90 Å². The lowest BCUT2D eigenvalue weighted by atomic mass is 10.1. The predicted molar refractivity (Wildman–Crippen MR) is 132 cm³/mol. The molecule has 6 rings (SSSR count). The Kier molecular flexibility index (Phi) is 5.20. The number of nitrogens with one attached hydrogen (secondary N) is 1. The number of rotatable bonds is 6. The third kappa shape index (κ3) is 3.94. The molecule has 6 heteroatoms. The summed E-state index contributed by atoms with van der Waals surface area (Å²) in [7, 11) is 0. The van der Waals surface area contributed by atoms with Gasteiger partial charge in [-0.25, -0.2) is 15.0 Å². The summed E-state index contributed by atoms with van der Waals surface area (Å²) in [6, 6.07) is 23.4. The fourth-order valence-electron chi connectivity index (χ4n) is 4.77. The van der Waals surface area contributed by atoms with Gasteiger partial charge in [0.2, 0.25) is 0 Å². The number of para-hydroxylation sites is 1. The monoisotopic (exact) mass is 434 g/mol. The van der Waals surface area contributed by atoms with Gasteiger partial charge in [-0.2, -0.15) is 0 Å². The summed E-state index contributed by atoms with van der Waals surface area (Å²) in [6.07, 6.45) is 8.31. The molecule has 1 unspecified atom stereocenters. The number of aromatic nitrogens is 4. The van der Waals surface area contributed by atoms with Gasteiger partial charge in [-0.1, -0.05) is 42.5 Å². The van der Waals surface area contributed by atoms with E-state index in [9.17, 15) is 0 Å². The van der Waals surface area contributed by atoms with Crippen molar-refractivity contribution in [1.82, 2.24) is 24.3 Å². The Balaban J connectivity index is 1.37. The largest absolute Gasteiger partial charge is 0.368 e. The van der Waals surface area contributed by atoms with Crippen molar-refractivity contribution in [2.24, 2.45) is 0 Å². The summed E-state index contributed by atoms with van der Waals surface area (Å²) in [5.74, 6) is 1.59. The molecule has 0 bridgehead atoms. The first-order valence-corrected chi connectivity index (χ1v) is 11.6. The molecule has 33 heavy (non-hydrogen) atoms. The first-order chi connectivity index (χ1) is 16.3. The topological polar surface area (TPSA) is 58.4 Å². The Labute approximate surface area is 192 Å². The fraction of sp³-hybridized carbons (Fsp3) is 0.222. The lowest BCUT2D eigenvalue weighted by Crippen LogP contribution is -2.31. The maximum Gasteiger partial charge on any atom is 0.163 e. The van der Waals surface area contributed by atoms with E-state index in [-0.39, 0.29) is 0 Å². The van der Waals surface area contributed by atoms with Gasteiger partial charge >= 0.3 is 0 Å². The van der Waals surface area contributed by atoms with Crippen LogP contribution in [0.25, 0.3) is 27.9 Å². The number of imidazole rings is 1. The third-order valence-electron chi connectivity index (χ3n) is 6.48. The number of nitrogens with zero attached hydrogens (tertiary/aromatic N) is 5. The van der Waals surface area contributed by atoms with E-state index in [1.165, 1.54) is 18.4 Å². The van der Waals surface area contributed by atoms with Crippen LogP contribution in [0.3, 0.4) is 0 Å². The lowest BCUT2D eigenvalue weighted by molar-refractivity contribution is 0.256. The summed E-state index contributed by atoms with van der Waals surface area (Å²) in [5, 5.41) is 4.73. The smallest absolute Gasteiger partial charge is 0.163 e. The van der Waals surface area contributed by atoms with Gasteiger partial charge in [0, 0.05) is 36.1 Å². The molecular weight excluding hydrogens is 408 g/mol. The molecule has 6 nitrogen and oxygen atoms in total. The van der Waals surface area contributed by atoms with E-state index < -0.39 is 0 Å². The van der Waals surface area contributed by atoms with Crippen molar-refractivity contribution in [2.75, 3.05) is 25.0 Å². The number of pyridine rings is 1. The second-order valence-electron chi connectivity index (χ2n) is 8.57. The Morgan fingerprint density at radius 2 is 1.70 bits per heavy atom. The average Bonchev–Trinajstić information content (AvgIpc) is 3.57. The molecule has 1 fully saturated rings. The summed E-state index contributed by atoms with van der Waals surface area (Å²) < 4.78 is 2.00. The van der Waals surface area contributed by atoms with E-state index in [1.54, 1.807) is 6.20 Å². The van der Waals surface area contributed by atoms with E-state index in [0.29, 0.717) is 11.9 Å². The summed E-state index contributed by atoms with van der Waals surface area (Å²) in [6.45, 7) is 3.08. The maximum absolute atomic E-state index is 4.98. The number of hydrogen-bond acceptors (Lipinski definition) is 5. The molecule has 2 aromatic carbocycles. The Morgan fingerprint density at radius 1 is 0.879 bits per heavy atom. The van der Waals surface area contributed by atoms with E-state index >= 15 is 0 Å². The van der Waals surface area contributed by atoms with Crippen LogP contribution in [0, 0.1) is 0 Å². The van der Waals surface area contributed by atoms with Crippen LogP contribution in [0.1, 0.15) is 24.4 Å². The van der Waals surface area contributed by atoms with Crippen molar-refractivity contribution in [2.45, 2.75) is 18.9 Å². The minimum absolute atomic E-state index is 0.313. The maximum atomic E-state index is 4.98. The highest BCUT2D eigenvalue weighted by Crippen LogP contribution is 2.28. The van der Waals surface area contributed by atoms with Gasteiger partial charge < -0.3 is 9.72 Å². The van der Waals surface area contributed by atoms with Gasteiger partial charge in [-0.15, -0.1) is 0 Å². The van der Waals surface area contributed by atoms with E-state index in [0.717, 1.165) is 47.6 Å². The zero-order valence-electron chi connectivity index (χ0n) is 18.4. The predicted octanol–water partition coefficient (Wildman–Crippen LogP) is 5.19. The summed E-state index contributed by atoms with van der Waals surface area (Å²) >= 11 is 0. The molecule has 0 spiro atoms. The number of fused-ring (bicyclic) bond motifs is 2. The molecule has 0 radical (unpaired) electrons. The molecule has 1 N–H and O–H groups in total. The summed E-state index contributed by atoms with van der Waals surface area (Å²) in [4.78, 5) is 16.8. The van der Waals surface area contributed by atoms with Crippen molar-refractivity contribution >= 4 is 22.4 Å². The number of benzene rings is 2. The first-order valence-electron chi connectivity index (χ1n) is 11.6. The second kappa shape index (κ2) is 8.64. The molecule has 1 atom stereocenters. The van der Waals surface area contributed by atoms with Crippen LogP contribution in [0.2, 0.25) is 0 Å². The zero-order chi connectivity index (χ0) is 22.0. The van der Waals surface area contributed by atoms with Crippen LogP contribution in [0.5, 0.6) is 0 Å². The van der Waals surface area contributed by atoms with Gasteiger partial charge in [-0.05, 0) is 55.8 Å². The first kappa shape index (κ1) is 19.9. The quantitative estimate of drug-likeness (QED) is 0.398. The molecular formula is C27H26N6. The molecule has 1 aliphatic rings. The highest BCUT2D eigenvalue weighted by atomic mass is 15.2. The fourth-order valence-corrected chi connectivity index (χ4v) is 4.77. The number of likely N-dealkylation sites (tertiary alicyclic amines) is 1. The molecule has 3 aromatic heterocycles. The van der Waals surface area contributed by atoms with E-state index in [1.807, 2.05) is 41.1 Å². The van der Waals surface area contributed by atoms with Crippen LogP contribution < -0.4 is 5.32 Å². The Bertz CT molecular complexity index is 1390. The molecule has 0 saturated carbocycles. The molecule has 1 saturated heterocycles. The highest BCUT2D eigenvalue weighted by molar-refractivity contribution is 5.90. The molecule has 0 amide bonds. The van der Waals surface area contributed by atoms with Crippen LogP contribution in [-0.2, 0) is 0 Å². The minimum Gasteiger partial charge on any atom is -0.368 e. The highest BCUT2D eigenvalue weighted by Gasteiger charge is 2.23. The molecule has 1 aliphatic heterocycles. The van der Waals surface area contributed by atoms with Crippen molar-refractivity contribution in [3.63, 3.8) is 0 Å². The van der Waals surface area contributed by atoms with Crippen molar-refractivity contribution in [1.29, 1.82) is 0 Å². The second-order valence-corrected chi connectivity index (χ2v) is 8.57. The molecule has 0 aliphatic carbocycles. The Hall–Kier alpha value is -3.77. The van der Waals surface area contributed by atoms with Crippen molar-refractivity contribution in [3.8, 4) is 11.4 Å². The lowest BCUT2D eigenvalue weighted by Gasteiger charge is -2.28. The van der Waals surface area contributed by atoms with Gasteiger partial charge in [0.1, 0.15) is 11.5 Å². The molecule has 4 heterocycles. The van der Waals surface area contributed by atoms with Gasteiger partial charge in [0.05, 0.1) is 11.6 Å². The normalized spacial score (nSPS) is 15.3. The Morgan fingerprint density at radius 3 is 2.58 bits per heavy atom. The van der Waals surface area contributed by atoms with E-state index in [4.69, 9.17) is 9.97 Å². The molecule has 164 valence electrons. The van der Waals surface area contributed by atoms with Crippen LogP contribution >= 0.6 is 0 Å². The van der Waals surface area contributed by atoms with Crippen LogP contribution in [-0.4, -0.2) is 43.9 Å². The minimum atomic E-state index is 0.313. The van der Waals surface area contributed by atoms with E-state index in [2.05, 4.69) is 57.7 Å². The van der Waals surface area contributed by atoms with Crippen molar-refractivity contribution in [3.05, 3.63) is 90.9 Å². The van der Waals surface area contributed by atoms with Gasteiger partial charge in [0.15, 0.2) is 5.82 Å².